The highest BCUT2D eigenvalue weighted by atomic mass is 35.5. The Balaban J connectivity index is 1.91. The van der Waals surface area contributed by atoms with Crippen LogP contribution in [-0.4, -0.2) is 28.2 Å². The van der Waals surface area contributed by atoms with Crippen LogP contribution in [0.25, 0.3) is 11.8 Å². The van der Waals surface area contributed by atoms with Crippen LogP contribution < -0.4 is 10.1 Å². The molecule has 2 aromatic carbocycles. The fourth-order valence-electron chi connectivity index (χ4n) is 3.45. The topological polar surface area (TPSA) is 104 Å². The zero-order valence-corrected chi connectivity index (χ0v) is 19.1. The molecule has 33 heavy (non-hydrogen) atoms. The van der Waals surface area contributed by atoms with E-state index < -0.39 is 11.9 Å². The standard InChI is InChI=1S/C25H22ClN3O4/c1-4-33-21-8-5-19(6-9-21)28-24(30)18(14-27)12-17-11-15(2)29(16(17)3)20-7-10-23(26)22(13-20)25(31)32/h5-13H,4H2,1-3H3,(H,28,30)(H,31,32). The Morgan fingerprint density at radius 2 is 1.88 bits per heavy atom. The lowest BCUT2D eigenvalue weighted by Crippen LogP contribution is -2.13. The third kappa shape index (κ3) is 5.25. The van der Waals surface area contributed by atoms with Crippen molar-refractivity contribution in [3.8, 4) is 17.5 Å². The molecular weight excluding hydrogens is 442 g/mol. The molecule has 0 unspecified atom stereocenters. The van der Waals surface area contributed by atoms with Crippen molar-refractivity contribution < 1.29 is 19.4 Å². The molecule has 0 aliphatic rings. The number of hydrogen-bond donors (Lipinski definition) is 2. The van der Waals surface area contributed by atoms with Crippen molar-refractivity contribution in [2.45, 2.75) is 20.8 Å². The van der Waals surface area contributed by atoms with Gasteiger partial charge in [-0.1, -0.05) is 11.6 Å². The van der Waals surface area contributed by atoms with Gasteiger partial charge in [0, 0.05) is 22.8 Å². The molecule has 0 spiro atoms. The van der Waals surface area contributed by atoms with Crippen LogP contribution in [-0.2, 0) is 4.79 Å². The molecule has 0 aliphatic heterocycles. The van der Waals surface area contributed by atoms with Gasteiger partial charge in [-0.2, -0.15) is 5.26 Å². The monoisotopic (exact) mass is 463 g/mol. The molecule has 0 atom stereocenters. The quantitative estimate of drug-likeness (QED) is 0.361. The number of anilines is 1. The molecule has 168 valence electrons. The summed E-state index contributed by atoms with van der Waals surface area (Å²) in [7, 11) is 0. The summed E-state index contributed by atoms with van der Waals surface area (Å²) in [4.78, 5) is 24.1. The van der Waals surface area contributed by atoms with E-state index in [1.807, 2.05) is 37.5 Å². The Morgan fingerprint density at radius 3 is 2.48 bits per heavy atom. The molecule has 3 aromatic rings. The van der Waals surface area contributed by atoms with Gasteiger partial charge in [-0.3, -0.25) is 4.79 Å². The Kier molecular flexibility index (Phi) is 7.21. The van der Waals surface area contributed by atoms with Gasteiger partial charge in [0.2, 0.25) is 0 Å². The van der Waals surface area contributed by atoms with Gasteiger partial charge < -0.3 is 19.7 Å². The normalized spacial score (nSPS) is 11.1. The Hall–Kier alpha value is -4.02. The molecule has 3 rings (SSSR count). The summed E-state index contributed by atoms with van der Waals surface area (Å²) < 4.78 is 7.23. The summed E-state index contributed by atoms with van der Waals surface area (Å²) in [5.74, 6) is -0.972. The number of rotatable bonds is 7. The van der Waals surface area contributed by atoms with E-state index in [0.29, 0.717) is 29.3 Å². The molecule has 0 radical (unpaired) electrons. The highest BCUT2D eigenvalue weighted by Crippen LogP contribution is 2.26. The first-order valence-electron chi connectivity index (χ1n) is 10.1. The molecule has 0 saturated carbocycles. The van der Waals surface area contributed by atoms with Crippen LogP contribution in [0.5, 0.6) is 5.75 Å². The van der Waals surface area contributed by atoms with Crippen molar-refractivity contribution in [2.75, 3.05) is 11.9 Å². The highest BCUT2D eigenvalue weighted by Gasteiger charge is 2.16. The van der Waals surface area contributed by atoms with E-state index in [2.05, 4.69) is 5.32 Å². The lowest BCUT2D eigenvalue weighted by molar-refractivity contribution is -0.112. The van der Waals surface area contributed by atoms with E-state index >= 15 is 0 Å². The number of benzene rings is 2. The number of amides is 1. The first kappa shape index (κ1) is 23.6. The van der Waals surface area contributed by atoms with Crippen LogP contribution in [0.4, 0.5) is 5.69 Å². The molecule has 1 amide bonds. The number of nitrogens with one attached hydrogen (secondary N) is 1. The summed E-state index contributed by atoms with van der Waals surface area (Å²) in [5, 5.41) is 21.8. The van der Waals surface area contributed by atoms with Crippen molar-refractivity contribution in [2.24, 2.45) is 0 Å². The minimum absolute atomic E-state index is 0.00814. The minimum Gasteiger partial charge on any atom is -0.494 e. The smallest absolute Gasteiger partial charge is 0.337 e. The number of nitrogens with zero attached hydrogens (tertiary/aromatic N) is 2. The molecule has 7 nitrogen and oxygen atoms in total. The van der Waals surface area contributed by atoms with Crippen LogP contribution in [0.1, 0.15) is 34.2 Å². The third-order valence-corrected chi connectivity index (χ3v) is 5.33. The lowest BCUT2D eigenvalue weighted by Gasteiger charge is -2.11. The fourth-order valence-corrected chi connectivity index (χ4v) is 3.65. The van der Waals surface area contributed by atoms with E-state index in [1.54, 1.807) is 30.3 Å². The highest BCUT2D eigenvalue weighted by molar-refractivity contribution is 6.33. The van der Waals surface area contributed by atoms with Crippen molar-refractivity contribution in [1.29, 1.82) is 5.26 Å². The zero-order valence-electron chi connectivity index (χ0n) is 18.3. The predicted molar refractivity (Wildman–Crippen MR) is 127 cm³/mol. The summed E-state index contributed by atoms with van der Waals surface area (Å²) in [6.45, 7) is 6.10. The minimum atomic E-state index is -1.12. The SMILES string of the molecule is CCOc1ccc(NC(=O)C(C#N)=Cc2cc(C)n(-c3ccc(Cl)c(C(=O)O)c3)c2C)cc1. The van der Waals surface area contributed by atoms with E-state index in [1.165, 1.54) is 18.2 Å². The number of ether oxygens (including phenoxy) is 1. The number of aryl methyl sites for hydroxylation is 1. The first-order valence-corrected chi connectivity index (χ1v) is 10.5. The second kappa shape index (κ2) is 10.1. The largest absolute Gasteiger partial charge is 0.494 e. The third-order valence-electron chi connectivity index (χ3n) is 5.00. The molecule has 0 fully saturated rings. The first-order chi connectivity index (χ1) is 15.7. The van der Waals surface area contributed by atoms with Gasteiger partial charge >= 0.3 is 5.97 Å². The van der Waals surface area contributed by atoms with Gasteiger partial charge in [0.15, 0.2) is 0 Å². The van der Waals surface area contributed by atoms with Gasteiger partial charge in [-0.05, 0) is 80.9 Å². The number of carboxylic acids is 1. The van der Waals surface area contributed by atoms with Crippen LogP contribution in [0.2, 0.25) is 5.02 Å². The average molecular weight is 464 g/mol. The summed E-state index contributed by atoms with van der Waals surface area (Å²) >= 11 is 5.99. The Morgan fingerprint density at radius 1 is 1.18 bits per heavy atom. The predicted octanol–water partition coefficient (Wildman–Crippen LogP) is 5.39. The number of aromatic nitrogens is 1. The van der Waals surface area contributed by atoms with E-state index in [4.69, 9.17) is 16.3 Å². The molecular formula is C25H22ClN3O4. The van der Waals surface area contributed by atoms with Gasteiger partial charge in [0.05, 0.1) is 17.2 Å². The number of carboxylic acid groups (broad SMARTS) is 1. The van der Waals surface area contributed by atoms with Crippen molar-refractivity contribution in [3.05, 3.63) is 81.6 Å². The number of nitriles is 1. The molecule has 0 saturated heterocycles. The van der Waals surface area contributed by atoms with Gasteiger partial charge in [0.25, 0.3) is 5.91 Å². The zero-order chi connectivity index (χ0) is 24.1. The molecule has 1 heterocycles. The molecule has 0 bridgehead atoms. The van der Waals surface area contributed by atoms with Gasteiger partial charge in [-0.15, -0.1) is 0 Å². The van der Waals surface area contributed by atoms with Crippen LogP contribution in [0, 0.1) is 25.2 Å². The Labute approximate surface area is 196 Å². The maximum atomic E-state index is 12.7. The second-order valence-corrected chi connectivity index (χ2v) is 7.62. The maximum absolute atomic E-state index is 12.7. The second-order valence-electron chi connectivity index (χ2n) is 7.21. The van der Waals surface area contributed by atoms with Crippen LogP contribution in [0.3, 0.4) is 0 Å². The molecule has 2 N–H and O–H groups in total. The molecule has 0 aliphatic carbocycles. The number of carbonyl (C=O) groups is 2. The van der Waals surface area contributed by atoms with Crippen molar-refractivity contribution in [1.82, 2.24) is 4.57 Å². The lowest BCUT2D eigenvalue weighted by atomic mass is 10.1. The summed E-state index contributed by atoms with van der Waals surface area (Å²) in [5.41, 5.74) is 3.30. The molecule has 1 aromatic heterocycles. The number of halogens is 1. The Bertz CT molecular complexity index is 1280. The number of aromatic carboxylic acids is 1. The number of hydrogen-bond acceptors (Lipinski definition) is 4. The maximum Gasteiger partial charge on any atom is 0.337 e. The summed E-state index contributed by atoms with van der Waals surface area (Å²) in [6, 6.07) is 15.4. The molecule has 8 heteroatoms. The van der Waals surface area contributed by atoms with E-state index in [9.17, 15) is 20.0 Å². The van der Waals surface area contributed by atoms with E-state index in [0.717, 1.165) is 11.4 Å². The fraction of sp³-hybridized carbons (Fsp3) is 0.160. The van der Waals surface area contributed by atoms with Gasteiger partial charge in [0.1, 0.15) is 17.4 Å². The van der Waals surface area contributed by atoms with Crippen molar-refractivity contribution >= 4 is 35.2 Å². The van der Waals surface area contributed by atoms with Crippen LogP contribution in [0.15, 0.2) is 54.1 Å². The summed E-state index contributed by atoms with van der Waals surface area (Å²) in [6.07, 6.45) is 1.51. The van der Waals surface area contributed by atoms with Crippen molar-refractivity contribution in [3.63, 3.8) is 0 Å². The number of carbonyl (C=O) groups excluding carboxylic acids is 1. The van der Waals surface area contributed by atoms with E-state index in [-0.39, 0.29) is 16.2 Å². The van der Waals surface area contributed by atoms with Gasteiger partial charge in [-0.25, -0.2) is 4.79 Å². The van der Waals surface area contributed by atoms with Crippen LogP contribution >= 0.6 is 11.6 Å². The average Bonchev–Trinajstić information content (AvgIpc) is 3.06.